The second-order valence-corrected chi connectivity index (χ2v) is 4.73. The molecule has 1 aliphatic heterocycles. The van der Waals surface area contributed by atoms with Gasteiger partial charge in [0.1, 0.15) is 0 Å². The first-order valence-corrected chi connectivity index (χ1v) is 6.59. The van der Waals surface area contributed by atoms with Crippen molar-refractivity contribution in [1.82, 2.24) is 9.80 Å². The van der Waals surface area contributed by atoms with Gasteiger partial charge in [-0.15, -0.1) is 0 Å². The zero-order valence-corrected chi connectivity index (χ0v) is 10.9. The van der Waals surface area contributed by atoms with Crippen LogP contribution in [0.5, 0.6) is 0 Å². The molecular weight excluding hydrogens is 226 g/mol. The van der Waals surface area contributed by atoms with Gasteiger partial charge in [-0.1, -0.05) is 12.1 Å². The number of nitrogen functional groups attached to an aromatic ring is 1. The minimum Gasteiger partial charge on any atom is -0.399 e. The molecule has 0 spiro atoms. The van der Waals surface area contributed by atoms with Gasteiger partial charge >= 0.3 is 6.03 Å². The Balaban J connectivity index is 2.00. The molecule has 98 valence electrons. The lowest BCUT2D eigenvalue weighted by molar-refractivity contribution is 0.162. The molecule has 2 N–H and O–H groups in total. The lowest BCUT2D eigenvalue weighted by Gasteiger charge is -2.27. The van der Waals surface area contributed by atoms with Crippen molar-refractivity contribution in [3.8, 4) is 0 Å². The second kappa shape index (κ2) is 5.76. The average Bonchev–Trinajstić information content (AvgIpc) is 2.91. The predicted octanol–water partition coefficient (Wildman–Crippen LogP) is 2.31. The van der Waals surface area contributed by atoms with Crippen molar-refractivity contribution in [3.05, 3.63) is 29.8 Å². The number of rotatable bonds is 3. The molecule has 2 rings (SSSR count). The molecule has 1 aliphatic rings. The summed E-state index contributed by atoms with van der Waals surface area (Å²) in [7, 11) is 0. The predicted molar refractivity (Wildman–Crippen MR) is 73.1 cm³/mol. The molecule has 0 bridgehead atoms. The van der Waals surface area contributed by atoms with Gasteiger partial charge in [-0.25, -0.2) is 4.79 Å². The van der Waals surface area contributed by atoms with E-state index in [1.807, 2.05) is 41.0 Å². The third-order valence-corrected chi connectivity index (χ3v) is 3.38. The first kappa shape index (κ1) is 12.7. The van der Waals surface area contributed by atoms with Crippen molar-refractivity contribution < 1.29 is 4.79 Å². The molecule has 1 aromatic carbocycles. The van der Waals surface area contributed by atoms with Crippen LogP contribution < -0.4 is 5.73 Å². The maximum absolute atomic E-state index is 12.3. The quantitative estimate of drug-likeness (QED) is 0.833. The van der Waals surface area contributed by atoms with Crippen molar-refractivity contribution in [2.45, 2.75) is 26.3 Å². The molecule has 1 fully saturated rings. The van der Waals surface area contributed by atoms with Crippen molar-refractivity contribution in [2.24, 2.45) is 0 Å². The fraction of sp³-hybridized carbons (Fsp3) is 0.500. The van der Waals surface area contributed by atoms with Crippen LogP contribution in [0.2, 0.25) is 0 Å². The number of nitrogens with zero attached hydrogens (tertiary/aromatic N) is 2. The molecule has 0 radical (unpaired) electrons. The van der Waals surface area contributed by atoms with Crippen LogP contribution in [0.4, 0.5) is 10.5 Å². The number of hydrogen-bond donors (Lipinski definition) is 1. The third kappa shape index (κ3) is 2.94. The molecular formula is C14H21N3O. The molecule has 0 atom stereocenters. The summed E-state index contributed by atoms with van der Waals surface area (Å²) in [5.74, 6) is 0. The highest BCUT2D eigenvalue weighted by molar-refractivity contribution is 5.74. The van der Waals surface area contributed by atoms with Gasteiger partial charge in [0.2, 0.25) is 0 Å². The highest BCUT2D eigenvalue weighted by Crippen LogP contribution is 2.14. The monoisotopic (exact) mass is 247 g/mol. The number of hydrogen-bond acceptors (Lipinski definition) is 2. The van der Waals surface area contributed by atoms with E-state index in [0.717, 1.165) is 43.7 Å². The topological polar surface area (TPSA) is 49.6 Å². The van der Waals surface area contributed by atoms with E-state index >= 15 is 0 Å². The zero-order valence-electron chi connectivity index (χ0n) is 10.9. The standard InChI is InChI=1S/C14H21N3O/c1-2-16(14(18)17-9-3-4-10-17)11-12-5-7-13(15)8-6-12/h5-8H,2-4,9-11,15H2,1H3. The number of amides is 2. The molecule has 0 aromatic heterocycles. The fourth-order valence-corrected chi connectivity index (χ4v) is 2.27. The van der Waals surface area contributed by atoms with Gasteiger partial charge in [-0.3, -0.25) is 0 Å². The van der Waals surface area contributed by atoms with Crippen LogP contribution in [0.25, 0.3) is 0 Å². The van der Waals surface area contributed by atoms with E-state index in [4.69, 9.17) is 5.73 Å². The Labute approximate surface area is 108 Å². The van der Waals surface area contributed by atoms with Gasteiger partial charge in [0.15, 0.2) is 0 Å². The van der Waals surface area contributed by atoms with Crippen LogP contribution in [0.3, 0.4) is 0 Å². The first-order valence-electron chi connectivity index (χ1n) is 6.59. The number of likely N-dealkylation sites (tertiary alicyclic amines) is 1. The fourth-order valence-electron chi connectivity index (χ4n) is 2.27. The number of carbonyl (C=O) groups is 1. The summed E-state index contributed by atoms with van der Waals surface area (Å²) in [6, 6.07) is 7.88. The van der Waals surface area contributed by atoms with Crippen molar-refractivity contribution in [1.29, 1.82) is 0 Å². The summed E-state index contributed by atoms with van der Waals surface area (Å²) >= 11 is 0. The van der Waals surface area contributed by atoms with Crippen LogP contribution in [-0.4, -0.2) is 35.5 Å². The van der Waals surface area contributed by atoms with Crippen LogP contribution in [0, 0.1) is 0 Å². The first-order chi connectivity index (χ1) is 8.70. The molecule has 4 nitrogen and oxygen atoms in total. The lowest BCUT2D eigenvalue weighted by Crippen LogP contribution is -2.41. The van der Waals surface area contributed by atoms with Gasteiger partial charge in [-0.2, -0.15) is 0 Å². The molecule has 1 aromatic rings. The normalized spacial score (nSPS) is 14.8. The van der Waals surface area contributed by atoms with Gasteiger partial charge in [0.25, 0.3) is 0 Å². The molecule has 18 heavy (non-hydrogen) atoms. The van der Waals surface area contributed by atoms with Crippen molar-refractivity contribution in [3.63, 3.8) is 0 Å². The second-order valence-electron chi connectivity index (χ2n) is 4.73. The Bertz CT molecular complexity index is 396. The Kier molecular flexibility index (Phi) is 4.07. The minimum atomic E-state index is 0.159. The van der Waals surface area contributed by atoms with Crippen molar-refractivity contribution in [2.75, 3.05) is 25.4 Å². The maximum atomic E-state index is 12.3. The van der Waals surface area contributed by atoms with E-state index < -0.39 is 0 Å². The maximum Gasteiger partial charge on any atom is 0.320 e. The number of nitrogens with two attached hydrogens (primary N) is 1. The van der Waals surface area contributed by atoms with Crippen LogP contribution >= 0.6 is 0 Å². The number of benzene rings is 1. The largest absolute Gasteiger partial charge is 0.399 e. The van der Waals surface area contributed by atoms with Gasteiger partial charge in [0, 0.05) is 31.9 Å². The van der Waals surface area contributed by atoms with Gasteiger partial charge in [-0.05, 0) is 37.5 Å². The van der Waals surface area contributed by atoms with Crippen LogP contribution in [-0.2, 0) is 6.54 Å². The van der Waals surface area contributed by atoms with E-state index in [-0.39, 0.29) is 6.03 Å². The number of carbonyl (C=O) groups excluding carboxylic acids is 1. The van der Waals surface area contributed by atoms with Gasteiger partial charge < -0.3 is 15.5 Å². The van der Waals surface area contributed by atoms with Crippen LogP contribution in [0.1, 0.15) is 25.3 Å². The van der Waals surface area contributed by atoms with Crippen LogP contribution in [0.15, 0.2) is 24.3 Å². The molecule has 0 unspecified atom stereocenters. The summed E-state index contributed by atoms with van der Waals surface area (Å²) in [6.45, 7) is 5.21. The Morgan fingerprint density at radius 3 is 2.44 bits per heavy atom. The lowest BCUT2D eigenvalue weighted by atomic mass is 10.2. The number of anilines is 1. The van der Waals surface area contributed by atoms with E-state index in [9.17, 15) is 4.79 Å². The molecule has 4 heteroatoms. The third-order valence-electron chi connectivity index (χ3n) is 3.38. The smallest absolute Gasteiger partial charge is 0.320 e. The molecule has 1 heterocycles. The summed E-state index contributed by atoms with van der Waals surface area (Å²) < 4.78 is 0. The highest BCUT2D eigenvalue weighted by Gasteiger charge is 2.22. The Morgan fingerprint density at radius 2 is 1.89 bits per heavy atom. The molecule has 2 amide bonds. The Morgan fingerprint density at radius 1 is 1.28 bits per heavy atom. The zero-order chi connectivity index (χ0) is 13.0. The van der Waals surface area contributed by atoms with Crippen molar-refractivity contribution >= 4 is 11.7 Å². The SMILES string of the molecule is CCN(Cc1ccc(N)cc1)C(=O)N1CCCC1. The van der Waals surface area contributed by atoms with E-state index in [0.29, 0.717) is 6.54 Å². The minimum absolute atomic E-state index is 0.159. The van der Waals surface area contributed by atoms with E-state index in [1.165, 1.54) is 0 Å². The Hall–Kier alpha value is -1.71. The summed E-state index contributed by atoms with van der Waals surface area (Å²) in [4.78, 5) is 16.1. The summed E-state index contributed by atoms with van der Waals surface area (Å²) in [6.07, 6.45) is 2.26. The summed E-state index contributed by atoms with van der Waals surface area (Å²) in [5, 5.41) is 0. The van der Waals surface area contributed by atoms with Gasteiger partial charge in [0.05, 0.1) is 0 Å². The average molecular weight is 247 g/mol. The molecule has 0 saturated carbocycles. The highest BCUT2D eigenvalue weighted by atomic mass is 16.2. The number of urea groups is 1. The van der Waals surface area contributed by atoms with E-state index in [2.05, 4.69) is 0 Å². The van der Waals surface area contributed by atoms with E-state index in [1.54, 1.807) is 0 Å². The molecule has 0 aliphatic carbocycles. The summed E-state index contributed by atoms with van der Waals surface area (Å²) in [5.41, 5.74) is 7.54. The molecule has 1 saturated heterocycles.